The van der Waals surface area contributed by atoms with Gasteiger partial charge in [-0.05, 0) is 56.7 Å². The molecule has 7 nitrogen and oxygen atoms in total. The Hall–Kier alpha value is -2.77. The molecule has 1 atom stereocenters. The van der Waals surface area contributed by atoms with Crippen molar-refractivity contribution in [2.45, 2.75) is 39.5 Å². The predicted octanol–water partition coefficient (Wildman–Crippen LogP) is 4.39. The van der Waals surface area contributed by atoms with Crippen LogP contribution in [-0.2, 0) is 16.1 Å². The summed E-state index contributed by atoms with van der Waals surface area (Å²) in [4.78, 5) is 36.2. The van der Waals surface area contributed by atoms with Gasteiger partial charge in [0.1, 0.15) is 0 Å². The molecule has 0 bridgehead atoms. The molecule has 9 heteroatoms. The number of ether oxygens (including phenoxy) is 1. The van der Waals surface area contributed by atoms with Crippen molar-refractivity contribution in [3.8, 4) is 0 Å². The van der Waals surface area contributed by atoms with Crippen molar-refractivity contribution in [2.24, 2.45) is 0 Å². The number of esters is 1. The molecule has 0 aliphatic heterocycles. The van der Waals surface area contributed by atoms with Crippen molar-refractivity contribution in [3.05, 3.63) is 63.6 Å². The molecule has 3 amide bonds. The number of carbonyl (C=O) groups excluding carboxylic acids is 3. The Morgan fingerprint density at radius 1 is 1.00 bits per heavy atom. The number of halogens is 2. The number of nitrogens with one attached hydrogen (secondary N) is 3. The van der Waals surface area contributed by atoms with Crippen LogP contribution >= 0.6 is 23.2 Å². The molecule has 30 heavy (non-hydrogen) atoms. The highest BCUT2D eigenvalue weighted by Crippen LogP contribution is 2.25. The molecule has 1 unspecified atom stereocenters. The Balaban J connectivity index is 1.89. The number of carbonyl (C=O) groups is 3. The van der Waals surface area contributed by atoms with Crippen molar-refractivity contribution in [2.75, 3.05) is 5.32 Å². The Bertz CT molecular complexity index is 917. The minimum Gasteiger partial charge on any atom is -0.449 e. The molecule has 160 valence electrons. The molecule has 2 rings (SSSR count). The van der Waals surface area contributed by atoms with Crippen molar-refractivity contribution < 1.29 is 19.1 Å². The Labute approximate surface area is 185 Å². The lowest BCUT2D eigenvalue weighted by Gasteiger charge is -2.15. The van der Waals surface area contributed by atoms with Crippen molar-refractivity contribution >= 4 is 46.8 Å². The summed E-state index contributed by atoms with van der Waals surface area (Å²) in [5, 5.41) is 8.75. The fraction of sp³-hybridized carbons (Fsp3) is 0.286. The summed E-state index contributed by atoms with van der Waals surface area (Å²) in [5.74, 6) is -1.18. The van der Waals surface area contributed by atoms with E-state index in [-0.39, 0.29) is 17.6 Å². The van der Waals surface area contributed by atoms with E-state index < -0.39 is 18.0 Å². The Morgan fingerprint density at radius 2 is 1.67 bits per heavy atom. The van der Waals surface area contributed by atoms with E-state index in [1.807, 2.05) is 13.8 Å². The van der Waals surface area contributed by atoms with Gasteiger partial charge in [-0.2, -0.15) is 0 Å². The monoisotopic (exact) mass is 451 g/mol. The lowest BCUT2D eigenvalue weighted by atomic mass is 10.1. The Kier molecular flexibility index (Phi) is 8.50. The van der Waals surface area contributed by atoms with Crippen LogP contribution in [0.4, 0.5) is 10.5 Å². The van der Waals surface area contributed by atoms with Gasteiger partial charge in [0.25, 0.3) is 5.91 Å². The van der Waals surface area contributed by atoms with Gasteiger partial charge in [-0.3, -0.25) is 4.79 Å². The smallest absolute Gasteiger partial charge is 0.338 e. The molecular formula is C21H23Cl2N3O4. The first-order valence-corrected chi connectivity index (χ1v) is 10.0. The van der Waals surface area contributed by atoms with Crippen LogP contribution in [0.15, 0.2) is 42.5 Å². The van der Waals surface area contributed by atoms with Crippen LogP contribution in [-0.4, -0.2) is 30.1 Å². The molecule has 0 saturated heterocycles. The molecule has 2 aromatic carbocycles. The van der Waals surface area contributed by atoms with Crippen molar-refractivity contribution in [3.63, 3.8) is 0 Å². The third-order valence-electron chi connectivity index (χ3n) is 3.90. The van der Waals surface area contributed by atoms with Gasteiger partial charge < -0.3 is 20.7 Å². The second-order valence-electron chi connectivity index (χ2n) is 6.84. The second kappa shape index (κ2) is 10.8. The van der Waals surface area contributed by atoms with Gasteiger partial charge in [-0.25, -0.2) is 9.59 Å². The van der Waals surface area contributed by atoms with Crippen LogP contribution in [0.3, 0.4) is 0 Å². The fourth-order valence-electron chi connectivity index (χ4n) is 2.36. The number of urea groups is 1. The molecule has 3 N–H and O–H groups in total. The average Bonchev–Trinajstić information content (AvgIpc) is 2.69. The summed E-state index contributed by atoms with van der Waals surface area (Å²) in [6.07, 6.45) is -1.05. The lowest BCUT2D eigenvalue weighted by Crippen LogP contribution is -2.39. The van der Waals surface area contributed by atoms with E-state index in [2.05, 4.69) is 16.0 Å². The van der Waals surface area contributed by atoms with Crippen LogP contribution in [0.2, 0.25) is 10.0 Å². The van der Waals surface area contributed by atoms with Gasteiger partial charge >= 0.3 is 12.0 Å². The van der Waals surface area contributed by atoms with Crippen LogP contribution in [0.1, 0.15) is 36.7 Å². The van der Waals surface area contributed by atoms with E-state index in [1.165, 1.54) is 13.0 Å². The summed E-state index contributed by atoms with van der Waals surface area (Å²) in [6.45, 7) is 5.50. The quantitative estimate of drug-likeness (QED) is 0.543. The molecule has 0 radical (unpaired) electrons. The molecule has 0 fully saturated rings. The largest absolute Gasteiger partial charge is 0.449 e. The second-order valence-corrected chi connectivity index (χ2v) is 7.68. The van der Waals surface area contributed by atoms with Crippen LogP contribution < -0.4 is 16.0 Å². The number of anilines is 1. The van der Waals surface area contributed by atoms with Crippen molar-refractivity contribution in [1.29, 1.82) is 0 Å². The maximum Gasteiger partial charge on any atom is 0.338 e. The SMILES string of the molecule is CC(C)NC(=O)NCc1ccc(C(=O)OC(C)C(=O)Nc2cc(Cl)ccc2Cl)cc1. The minimum atomic E-state index is -1.05. The van der Waals surface area contributed by atoms with E-state index in [0.29, 0.717) is 22.3 Å². The highest BCUT2D eigenvalue weighted by Gasteiger charge is 2.20. The standard InChI is InChI=1S/C21H23Cl2N3O4/c1-12(2)25-21(29)24-11-14-4-6-15(7-5-14)20(28)30-13(3)19(27)26-18-10-16(22)8-9-17(18)23/h4-10,12-13H,11H2,1-3H3,(H,26,27)(H2,24,25,29). The van der Waals surface area contributed by atoms with Gasteiger partial charge in [-0.15, -0.1) is 0 Å². The molecule has 2 aromatic rings. The maximum atomic E-state index is 12.3. The highest BCUT2D eigenvalue weighted by molar-refractivity contribution is 6.35. The van der Waals surface area contributed by atoms with Gasteiger partial charge in [0.15, 0.2) is 6.10 Å². The number of amides is 3. The van der Waals surface area contributed by atoms with E-state index in [1.54, 1.807) is 36.4 Å². The van der Waals surface area contributed by atoms with E-state index in [4.69, 9.17) is 27.9 Å². The summed E-state index contributed by atoms with van der Waals surface area (Å²) in [7, 11) is 0. The fourth-order valence-corrected chi connectivity index (χ4v) is 2.70. The molecule has 0 aromatic heterocycles. The van der Waals surface area contributed by atoms with Crippen LogP contribution in [0.25, 0.3) is 0 Å². The maximum absolute atomic E-state index is 12.3. The van der Waals surface area contributed by atoms with Gasteiger partial charge in [0.2, 0.25) is 0 Å². The van der Waals surface area contributed by atoms with Gasteiger partial charge in [-0.1, -0.05) is 35.3 Å². The first kappa shape index (κ1) is 23.5. The third-order valence-corrected chi connectivity index (χ3v) is 4.47. The highest BCUT2D eigenvalue weighted by atomic mass is 35.5. The van der Waals surface area contributed by atoms with Crippen LogP contribution in [0.5, 0.6) is 0 Å². The zero-order valence-corrected chi connectivity index (χ0v) is 18.3. The zero-order valence-electron chi connectivity index (χ0n) is 16.8. The van der Waals surface area contributed by atoms with Crippen molar-refractivity contribution in [1.82, 2.24) is 10.6 Å². The van der Waals surface area contributed by atoms with Gasteiger partial charge in [0.05, 0.1) is 16.3 Å². The molecule has 0 aliphatic rings. The minimum absolute atomic E-state index is 0.0382. The van der Waals surface area contributed by atoms with E-state index in [9.17, 15) is 14.4 Å². The van der Waals surface area contributed by atoms with Crippen LogP contribution in [0, 0.1) is 0 Å². The normalized spacial score (nSPS) is 11.5. The number of hydrogen-bond acceptors (Lipinski definition) is 4. The molecule has 0 heterocycles. The summed E-state index contributed by atoms with van der Waals surface area (Å²) >= 11 is 11.9. The van der Waals surface area contributed by atoms with E-state index in [0.717, 1.165) is 5.56 Å². The zero-order chi connectivity index (χ0) is 22.3. The number of rotatable bonds is 7. The summed E-state index contributed by atoms with van der Waals surface area (Å²) in [6, 6.07) is 11.0. The summed E-state index contributed by atoms with van der Waals surface area (Å²) in [5.41, 5.74) is 1.42. The number of benzene rings is 2. The topological polar surface area (TPSA) is 96.5 Å². The predicted molar refractivity (Wildman–Crippen MR) is 117 cm³/mol. The molecule has 0 spiro atoms. The van der Waals surface area contributed by atoms with E-state index >= 15 is 0 Å². The lowest BCUT2D eigenvalue weighted by molar-refractivity contribution is -0.123. The number of hydrogen-bond donors (Lipinski definition) is 3. The molecule has 0 aliphatic carbocycles. The summed E-state index contributed by atoms with van der Waals surface area (Å²) < 4.78 is 5.22. The van der Waals surface area contributed by atoms with Gasteiger partial charge in [0, 0.05) is 17.6 Å². The Morgan fingerprint density at radius 3 is 2.30 bits per heavy atom. The average molecular weight is 452 g/mol. The molecule has 0 saturated carbocycles. The third kappa shape index (κ3) is 7.24. The first-order chi connectivity index (χ1) is 14.2. The molecular weight excluding hydrogens is 429 g/mol. The first-order valence-electron chi connectivity index (χ1n) is 9.26.